The van der Waals surface area contributed by atoms with Gasteiger partial charge in [-0.1, -0.05) is 6.07 Å². The Morgan fingerprint density at radius 2 is 1.48 bits per heavy atom. The molecule has 0 aliphatic carbocycles. The summed E-state index contributed by atoms with van der Waals surface area (Å²) in [6.45, 7) is -1.51. The van der Waals surface area contributed by atoms with Gasteiger partial charge in [0, 0.05) is 23.8 Å². The lowest BCUT2D eigenvalue weighted by atomic mass is 9.89. The van der Waals surface area contributed by atoms with Gasteiger partial charge in [-0.25, -0.2) is 4.79 Å². The molecule has 0 spiro atoms. The number of carbonyl (C=O) groups excluding carboxylic acids is 1. The molecule has 3 aromatic carbocycles. The largest absolute Gasteiger partial charge is 0.506 e. The number of carbonyl (C=O) groups is 1. The fraction of sp³-hybridized carbons (Fsp3) is 0.368. The third-order valence-electron chi connectivity index (χ3n) is 9.46. The number of aliphatic hydroxyl groups excluding tert-OH is 7. The molecule has 2 aliphatic rings. The molecule has 0 amide bonds. The second-order valence-electron chi connectivity index (χ2n) is 13.0. The summed E-state index contributed by atoms with van der Waals surface area (Å²) in [7, 11) is 2.82. The summed E-state index contributed by atoms with van der Waals surface area (Å²) in [5.74, 6) is -1.66. The van der Waals surface area contributed by atoms with Crippen LogP contribution in [0.5, 0.6) is 28.7 Å². The standard InChI is InChI=1S/C38H40O18/c1-50-18-7-5-17(6-8-18)21-12-20(41)28-23(53-21)13-24(29(32(28)45)37-35(48)33(46)30(43)25(14-39)54-37)55-38-36(49)34(47)31(44)26(56-38)15-52-27(42)10-4-16-3-9-19(40)22(11-16)51-2/h3-13,25-26,30-31,33-40,43-49H,14-15H2,1-2H3/b10-4+/t25-,26-,30-,31-,33+,34+,35-,36-,37+,38-/m1/s1. The van der Waals surface area contributed by atoms with E-state index in [0.717, 1.165) is 18.2 Å². The molecule has 0 unspecified atom stereocenters. The molecule has 18 heteroatoms. The molecule has 2 saturated heterocycles. The number of aliphatic hydroxyl groups is 7. The molecule has 2 fully saturated rings. The monoisotopic (exact) mass is 784 g/mol. The van der Waals surface area contributed by atoms with E-state index in [4.69, 9.17) is 32.8 Å². The first-order valence-electron chi connectivity index (χ1n) is 17.1. The lowest BCUT2D eigenvalue weighted by Crippen LogP contribution is -2.60. The number of hydrogen-bond donors (Lipinski definition) is 9. The van der Waals surface area contributed by atoms with Crippen LogP contribution in [-0.2, 0) is 19.0 Å². The van der Waals surface area contributed by atoms with Crippen molar-refractivity contribution in [3.63, 3.8) is 0 Å². The van der Waals surface area contributed by atoms with E-state index in [9.17, 15) is 55.5 Å². The molecular formula is C38H40O18. The number of phenols is 2. The highest BCUT2D eigenvalue weighted by Crippen LogP contribution is 2.46. The zero-order chi connectivity index (χ0) is 40.4. The number of rotatable bonds is 11. The molecule has 2 aliphatic heterocycles. The SMILES string of the molecule is COc1ccc(-c2cc(=O)c3c(O)c([C@@H]4O[C@H](CO)[C@@H](O)[C@H](O)[C@H]4O)c(O[C@@H]4O[C@H](COC(=O)/C=C/c5ccc(O)c(OC)c5)[C@@H](O)[C@H](O)[C@H]4O)cc3o2)cc1. The van der Waals surface area contributed by atoms with Gasteiger partial charge < -0.3 is 78.8 Å². The molecule has 4 aromatic rings. The number of phenolic OH excluding ortho intramolecular Hbond substituents is 2. The zero-order valence-corrected chi connectivity index (χ0v) is 29.7. The molecule has 6 rings (SSSR count). The Hall–Kier alpha value is -5.28. The maximum Gasteiger partial charge on any atom is 0.330 e. The highest BCUT2D eigenvalue weighted by molar-refractivity contribution is 5.88. The lowest BCUT2D eigenvalue weighted by Gasteiger charge is -2.42. The molecule has 10 atom stereocenters. The van der Waals surface area contributed by atoms with E-state index in [2.05, 4.69) is 0 Å². The van der Waals surface area contributed by atoms with Crippen molar-refractivity contribution in [3.8, 4) is 40.1 Å². The Morgan fingerprint density at radius 3 is 2.16 bits per heavy atom. The Bertz CT molecular complexity index is 2110. The molecule has 18 nitrogen and oxygen atoms in total. The van der Waals surface area contributed by atoms with Crippen molar-refractivity contribution >= 4 is 23.0 Å². The van der Waals surface area contributed by atoms with Crippen LogP contribution in [-0.4, -0.2) is 134 Å². The summed E-state index contributed by atoms with van der Waals surface area (Å²) in [5, 5.41) is 95.4. The second kappa shape index (κ2) is 16.8. The molecule has 56 heavy (non-hydrogen) atoms. The van der Waals surface area contributed by atoms with Gasteiger partial charge in [0.2, 0.25) is 6.29 Å². The number of aromatic hydroxyl groups is 2. The molecule has 0 bridgehead atoms. The van der Waals surface area contributed by atoms with Crippen molar-refractivity contribution in [1.82, 2.24) is 0 Å². The van der Waals surface area contributed by atoms with E-state index >= 15 is 0 Å². The van der Waals surface area contributed by atoms with E-state index in [1.165, 1.54) is 38.5 Å². The molecular weight excluding hydrogens is 744 g/mol. The van der Waals surface area contributed by atoms with Crippen LogP contribution in [0.1, 0.15) is 17.2 Å². The number of ether oxygens (including phenoxy) is 6. The third-order valence-corrected chi connectivity index (χ3v) is 9.46. The minimum absolute atomic E-state index is 0.0454. The van der Waals surface area contributed by atoms with E-state index in [1.54, 1.807) is 24.3 Å². The van der Waals surface area contributed by atoms with Crippen LogP contribution in [0, 0.1) is 0 Å². The summed E-state index contributed by atoms with van der Waals surface area (Å²) < 4.78 is 38.8. The Labute approximate surface area is 317 Å². The average Bonchev–Trinajstić information content (AvgIpc) is 3.19. The van der Waals surface area contributed by atoms with Crippen molar-refractivity contribution < 1.29 is 83.6 Å². The van der Waals surface area contributed by atoms with Crippen LogP contribution in [0.4, 0.5) is 0 Å². The number of benzene rings is 3. The van der Waals surface area contributed by atoms with Crippen molar-refractivity contribution in [2.75, 3.05) is 27.4 Å². The van der Waals surface area contributed by atoms with Crippen LogP contribution >= 0.6 is 0 Å². The van der Waals surface area contributed by atoms with Gasteiger partial charge in [0.15, 0.2) is 16.9 Å². The smallest absolute Gasteiger partial charge is 0.330 e. The molecule has 300 valence electrons. The number of esters is 1. The summed E-state index contributed by atoms with van der Waals surface area (Å²) >= 11 is 0. The molecule has 1 aromatic heterocycles. The van der Waals surface area contributed by atoms with Crippen LogP contribution in [0.25, 0.3) is 28.4 Å². The maximum atomic E-state index is 13.5. The normalized spacial score (nSPS) is 27.9. The summed E-state index contributed by atoms with van der Waals surface area (Å²) in [4.78, 5) is 26.1. The van der Waals surface area contributed by atoms with Gasteiger partial charge >= 0.3 is 5.97 Å². The van der Waals surface area contributed by atoms with E-state index < -0.39 is 108 Å². The fourth-order valence-corrected chi connectivity index (χ4v) is 6.36. The predicted molar refractivity (Wildman–Crippen MR) is 191 cm³/mol. The number of fused-ring (bicyclic) bond motifs is 1. The quantitative estimate of drug-likeness (QED) is 0.0706. The van der Waals surface area contributed by atoms with Gasteiger partial charge in [-0.3, -0.25) is 4.79 Å². The first-order valence-corrected chi connectivity index (χ1v) is 17.1. The van der Waals surface area contributed by atoms with Gasteiger partial charge in [-0.05, 0) is 48.0 Å². The Balaban J connectivity index is 1.34. The molecule has 9 N–H and O–H groups in total. The van der Waals surface area contributed by atoms with Gasteiger partial charge in [0.25, 0.3) is 0 Å². The minimum Gasteiger partial charge on any atom is -0.506 e. The first kappa shape index (κ1) is 40.4. The van der Waals surface area contributed by atoms with E-state index in [0.29, 0.717) is 16.9 Å². The number of methoxy groups -OCH3 is 2. The minimum atomic E-state index is -2.00. The summed E-state index contributed by atoms with van der Waals surface area (Å²) in [5.41, 5.74) is -0.644. The summed E-state index contributed by atoms with van der Waals surface area (Å²) in [6, 6.07) is 12.9. The van der Waals surface area contributed by atoms with Gasteiger partial charge in [0.1, 0.15) is 95.5 Å². The van der Waals surface area contributed by atoms with Crippen molar-refractivity contribution in [2.24, 2.45) is 0 Å². The second-order valence-corrected chi connectivity index (χ2v) is 13.0. The number of hydrogen-bond acceptors (Lipinski definition) is 18. The topological polar surface area (TPSA) is 285 Å². The third kappa shape index (κ3) is 8.01. The van der Waals surface area contributed by atoms with Crippen LogP contribution < -0.4 is 19.6 Å². The molecule has 0 radical (unpaired) electrons. The maximum absolute atomic E-state index is 13.5. The zero-order valence-electron chi connectivity index (χ0n) is 29.7. The van der Waals surface area contributed by atoms with Crippen molar-refractivity contribution in [1.29, 1.82) is 0 Å². The Morgan fingerprint density at radius 1 is 0.786 bits per heavy atom. The predicted octanol–water partition coefficient (Wildman–Crippen LogP) is -0.154. The first-order chi connectivity index (χ1) is 26.8. The van der Waals surface area contributed by atoms with Crippen LogP contribution in [0.2, 0.25) is 0 Å². The van der Waals surface area contributed by atoms with E-state index in [1.807, 2.05) is 0 Å². The van der Waals surface area contributed by atoms with Crippen LogP contribution in [0.3, 0.4) is 0 Å². The highest BCUT2D eigenvalue weighted by atomic mass is 16.7. The average molecular weight is 785 g/mol. The lowest BCUT2D eigenvalue weighted by molar-refractivity contribution is -0.279. The van der Waals surface area contributed by atoms with E-state index in [-0.39, 0.29) is 22.8 Å². The van der Waals surface area contributed by atoms with Crippen LogP contribution in [0.15, 0.2) is 69.9 Å². The van der Waals surface area contributed by atoms with Crippen molar-refractivity contribution in [3.05, 3.63) is 82.0 Å². The van der Waals surface area contributed by atoms with Gasteiger partial charge in [-0.15, -0.1) is 0 Å². The summed E-state index contributed by atoms with van der Waals surface area (Å²) in [6.07, 6.45) is -15.8. The molecule has 0 saturated carbocycles. The van der Waals surface area contributed by atoms with Gasteiger partial charge in [-0.2, -0.15) is 0 Å². The Kier molecular flexibility index (Phi) is 12.1. The fourth-order valence-electron chi connectivity index (χ4n) is 6.36. The molecule has 3 heterocycles. The highest BCUT2D eigenvalue weighted by Gasteiger charge is 2.49. The van der Waals surface area contributed by atoms with Gasteiger partial charge in [0.05, 0.1) is 26.4 Å². The van der Waals surface area contributed by atoms with Crippen molar-refractivity contribution in [2.45, 2.75) is 61.2 Å².